The first-order valence-electron chi connectivity index (χ1n) is 16.3. The Labute approximate surface area is 280 Å². The van der Waals surface area contributed by atoms with Crippen molar-refractivity contribution in [1.29, 1.82) is 0 Å². The summed E-state index contributed by atoms with van der Waals surface area (Å²) in [4.78, 5) is 49.3. The van der Waals surface area contributed by atoms with Crippen molar-refractivity contribution >= 4 is 34.8 Å². The molecule has 0 atom stereocenters. The van der Waals surface area contributed by atoms with Gasteiger partial charge in [0.2, 0.25) is 0 Å². The fraction of sp³-hybridized carbons (Fsp3) is 0.389. The number of hydrogen-bond acceptors (Lipinski definition) is 6. The molecule has 6 rings (SSSR count). The van der Waals surface area contributed by atoms with Gasteiger partial charge in [-0.05, 0) is 80.7 Å². The number of carbonyl (C=O) groups is 2. The predicted molar refractivity (Wildman–Crippen MR) is 186 cm³/mol. The van der Waals surface area contributed by atoms with Crippen molar-refractivity contribution in [1.82, 2.24) is 23.9 Å². The summed E-state index contributed by atoms with van der Waals surface area (Å²) in [5.41, 5.74) is 6.04. The van der Waals surface area contributed by atoms with Gasteiger partial charge in [0.1, 0.15) is 5.56 Å². The molecule has 47 heavy (non-hydrogen) atoms. The first-order valence-corrected chi connectivity index (χ1v) is 16.7. The van der Waals surface area contributed by atoms with E-state index in [0.29, 0.717) is 34.3 Å². The highest BCUT2D eigenvalue weighted by molar-refractivity contribution is 6.36. The van der Waals surface area contributed by atoms with E-state index in [-0.39, 0.29) is 17.0 Å². The molecule has 1 fully saturated rings. The van der Waals surface area contributed by atoms with E-state index in [1.165, 1.54) is 4.57 Å². The van der Waals surface area contributed by atoms with Crippen molar-refractivity contribution in [2.75, 3.05) is 36.8 Å². The van der Waals surface area contributed by atoms with Crippen molar-refractivity contribution in [3.63, 3.8) is 0 Å². The van der Waals surface area contributed by atoms with E-state index < -0.39 is 5.91 Å². The molecule has 2 aliphatic heterocycles. The van der Waals surface area contributed by atoms with Crippen LogP contribution < -0.4 is 16.2 Å². The minimum absolute atomic E-state index is 0.103. The van der Waals surface area contributed by atoms with Gasteiger partial charge in [-0.2, -0.15) is 0 Å². The van der Waals surface area contributed by atoms with Crippen LogP contribution in [0.1, 0.15) is 69.7 Å². The van der Waals surface area contributed by atoms with Gasteiger partial charge in [-0.15, -0.1) is 0 Å². The zero-order valence-corrected chi connectivity index (χ0v) is 28.3. The van der Waals surface area contributed by atoms with Crippen LogP contribution in [0.25, 0.3) is 11.1 Å². The molecule has 1 saturated heterocycles. The van der Waals surface area contributed by atoms with Crippen molar-refractivity contribution in [3.05, 3.63) is 97.9 Å². The molecule has 2 aromatic carbocycles. The number of halogens is 1. The molecule has 4 heterocycles. The Hall–Kier alpha value is -4.25. The number of aryl methyl sites for hydroxylation is 1. The third-order valence-corrected chi connectivity index (χ3v) is 9.69. The number of nitrogens with zero attached hydrogens (tertiary/aromatic N) is 5. The van der Waals surface area contributed by atoms with Gasteiger partial charge in [-0.1, -0.05) is 42.8 Å². The molecular weight excluding hydrogens is 614 g/mol. The molecule has 0 saturated carbocycles. The molecule has 2 amide bonds. The molecule has 0 radical (unpaired) electrons. The lowest BCUT2D eigenvalue weighted by atomic mass is 9.98. The van der Waals surface area contributed by atoms with Crippen LogP contribution in [0.2, 0.25) is 5.02 Å². The van der Waals surface area contributed by atoms with Gasteiger partial charge in [0.25, 0.3) is 17.4 Å². The second kappa shape index (κ2) is 13.9. The van der Waals surface area contributed by atoms with Crippen molar-refractivity contribution in [2.24, 2.45) is 14.1 Å². The summed E-state index contributed by atoms with van der Waals surface area (Å²) in [5.74, 6) is -0.433. The lowest BCUT2D eigenvalue weighted by Gasteiger charge is -2.25. The highest BCUT2D eigenvalue weighted by Gasteiger charge is 2.26. The number of carbonyl (C=O) groups excluding carboxylic acids is 2. The average Bonchev–Trinajstić information content (AvgIpc) is 3.68. The molecule has 246 valence electrons. The number of nitrogens with one attached hydrogen (secondary N) is 2. The third-order valence-electron chi connectivity index (χ3n) is 9.29. The van der Waals surface area contributed by atoms with E-state index in [9.17, 15) is 14.4 Å². The fourth-order valence-corrected chi connectivity index (χ4v) is 7.06. The van der Waals surface area contributed by atoms with E-state index in [4.69, 9.17) is 16.6 Å². The summed E-state index contributed by atoms with van der Waals surface area (Å²) >= 11 is 6.94. The first-order chi connectivity index (χ1) is 22.6. The maximum absolute atomic E-state index is 13.5. The van der Waals surface area contributed by atoms with Crippen LogP contribution in [-0.2, 0) is 33.6 Å². The number of benzene rings is 2. The summed E-state index contributed by atoms with van der Waals surface area (Å²) in [6, 6.07) is 12.7. The SMILES string of the molecule is CCCN1CCc2c(nc(C(=O)Nc3cccc(-c4cccc(NC(=O)c5cc(CN6CCCC6)cn(C)c5=O)c4C)c3Cl)n2C)C1. The molecule has 2 N–H and O–H groups in total. The molecule has 0 aliphatic carbocycles. The van der Waals surface area contributed by atoms with Crippen LogP contribution in [0.15, 0.2) is 53.5 Å². The molecule has 10 nitrogen and oxygen atoms in total. The summed E-state index contributed by atoms with van der Waals surface area (Å²) in [5, 5.41) is 6.32. The number of imidazole rings is 1. The van der Waals surface area contributed by atoms with E-state index in [2.05, 4.69) is 27.4 Å². The Morgan fingerprint density at radius 3 is 2.38 bits per heavy atom. The number of anilines is 2. The second-order valence-corrected chi connectivity index (χ2v) is 13.0. The molecule has 4 aromatic rings. The van der Waals surface area contributed by atoms with Crippen LogP contribution in [0.5, 0.6) is 0 Å². The topological polar surface area (TPSA) is 104 Å². The number of amides is 2. The highest BCUT2D eigenvalue weighted by Crippen LogP contribution is 2.37. The fourth-order valence-electron chi connectivity index (χ4n) is 6.79. The smallest absolute Gasteiger partial charge is 0.291 e. The molecular formula is C36H42ClN7O3. The largest absolute Gasteiger partial charge is 0.327 e. The van der Waals surface area contributed by atoms with Gasteiger partial charge in [0.15, 0.2) is 5.82 Å². The quantitative estimate of drug-likeness (QED) is 0.243. The minimum atomic E-state index is -0.461. The van der Waals surface area contributed by atoms with Crippen LogP contribution in [0.3, 0.4) is 0 Å². The number of likely N-dealkylation sites (tertiary alicyclic amines) is 1. The molecule has 0 unspecified atom stereocenters. The van der Waals surface area contributed by atoms with Gasteiger partial charge in [0, 0.05) is 63.3 Å². The number of fused-ring (bicyclic) bond motifs is 1. The minimum Gasteiger partial charge on any atom is -0.327 e. The van der Waals surface area contributed by atoms with Gasteiger partial charge in [-0.3, -0.25) is 24.2 Å². The highest BCUT2D eigenvalue weighted by atomic mass is 35.5. The van der Waals surface area contributed by atoms with Crippen molar-refractivity contribution in [2.45, 2.75) is 52.6 Å². The summed E-state index contributed by atoms with van der Waals surface area (Å²) in [7, 11) is 3.56. The van der Waals surface area contributed by atoms with Gasteiger partial charge < -0.3 is 19.8 Å². The number of aromatic nitrogens is 3. The van der Waals surface area contributed by atoms with Crippen LogP contribution >= 0.6 is 11.6 Å². The Bertz CT molecular complexity index is 1890. The summed E-state index contributed by atoms with van der Waals surface area (Å²) < 4.78 is 3.36. The third kappa shape index (κ3) is 6.76. The number of hydrogen-bond donors (Lipinski definition) is 2. The normalized spacial score (nSPS) is 15.1. The van der Waals surface area contributed by atoms with Crippen LogP contribution in [-0.4, -0.2) is 61.9 Å². The molecule has 2 aliphatic rings. The standard InChI is InChI=1S/C36H42ClN7O3/c1-5-15-43-18-14-31-30(22-43)38-33(42(31)4)35(46)40-29-13-9-11-26(32(29)37)25-10-8-12-28(23(25)2)39-34(45)27-19-24(20-41(3)36(27)47)21-44-16-6-7-17-44/h8-13,19-20H,5-7,14-18,21-22H2,1-4H3,(H,39,45)(H,40,46). The van der Waals surface area contributed by atoms with Gasteiger partial charge >= 0.3 is 0 Å². The van der Waals surface area contributed by atoms with Crippen molar-refractivity contribution < 1.29 is 9.59 Å². The lowest BCUT2D eigenvalue weighted by Crippen LogP contribution is -2.31. The van der Waals surface area contributed by atoms with E-state index in [0.717, 1.165) is 86.5 Å². The van der Waals surface area contributed by atoms with Gasteiger partial charge in [0.05, 0.1) is 16.4 Å². The maximum Gasteiger partial charge on any atom is 0.291 e. The monoisotopic (exact) mass is 655 g/mol. The molecule has 0 bridgehead atoms. The number of pyridine rings is 1. The predicted octanol–water partition coefficient (Wildman–Crippen LogP) is 5.62. The molecule has 0 spiro atoms. The number of rotatable bonds is 9. The molecule has 2 aromatic heterocycles. The van der Waals surface area contributed by atoms with Gasteiger partial charge in [-0.25, -0.2) is 4.98 Å². The Balaban J connectivity index is 1.22. The maximum atomic E-state index is 13.5. The van der Waals surface area contributed by atoms with Crippen LogP contribution in [0.4, 0.5) is 11.4 Å². The molecule has 11 heteroatoms. The zero-order valence-electron chi connectivity index (χ0n) is 27.5. The zero-order chi connectivity index (χ0) is 33.2. The van der Waals surface area contributed by atoms with E-state index in [1.54, 1.807) is 31.4 Å². The summed E-state index contributed by atoms with van der Waals surface area (Å²) in [6.07, 6.45) is 6.06. The van der Waals surface area contributed by atoms with E-state index in [1.807, 2.05) is 42.8 Å². The second-order valence-electron chi connectivity index (χ2n) is 12.6. The Morgan fingerprint density at radius 2 is 1.64 bits per heavy atom. The first kappa shape index (κ1) is 32.7. The lowest BCUT2D eigenvalue weighted by molar-refractivity contribution is 0.101. The average molecular weight is 656 g/mol. The summed E-state index contributed by atoms with van der Waals surface area (Å²) in [6.45, 7) is 9.51. The van der Waals surface area contributed by atoms with E-state index >= 15 is 0 Å². The Morgan fingerprint density at radius 1 is 0.936 bits per heavy atom. The Kier molecular flexibility index (Phi) is 9.63. The van der Waals surface area contributed by atoms with Crippen molar-refractivity contribution in [3.8, 4) is 11.1 Å². The van der Waals surface area contributed by atoms with Crippen LogP contribution in [0, 0.1) is 6.92 Å².